The van der Waals surface area contributed by atoms with Crippen LogP contribution in [-0.2, 0) is 37.1 Å². The molecule has 1 fully saturated rings. The summed E-state index contributed by atoms with van der Waals surface area (Å²) in [5, 5.41) is 44.5. The molecule has 4 unspecified atom stereocenters. The van der Waals surface area contributed by atoms with Gasteiger partial charge in [-0.2, -0.15) is 0 Å². The van der Waals surface area contributed by atoms with Gasteiger partial charge in [-0.15, -0.1) is 34.7 Å². The summed E-state index contributed by atoms with van der Waals surface area (Å²) in [6.07, 6.45) is 2.90. The predicted molar refractivity (Wildman–Crippen MR) is 356 cm³/mol. The number of amides is 8. The number of halogens is 1. The minimum atomic E-state index is -1.19. The number of benzene rings is 3. The number of primary amides is 1. The van der Waals surface area contributed by atoms with Gasteiger partial charge in [0.1, 0.15) is 42.8 Å². The highest BCUT2D eigenvalue weighted by Gasteiger charge is 2.37. The number of alkyl halides is 1. The zero-order valence-electron chi connectivity index (χ0n) is 52.8. The van der Waals surface area contributed by atoms with Crippen molar-refractivity contribution in [2.75, 3.05) is 88.4 Å². The van der Waals surface area contributed by atoms with E-state index in [0.29, 0.717) is 55.0 Å². The third-order valence-electron chi connectivity index (χ3n) is 16.3. The Kier molecular flexibility index (Phi) is 24.9. The fraction of sp³-hybridized carbons (Fsp3) is 0.469. The molecule has 5 heterocycles. The van der Waals surface area contributed by atoms with Crippen LogP contribution in [0.15, 0.2) is 70.9 Å². The lowest BCUT2D eigenvalue weighted by molar-refractivity contribution is -0.138. The van der Waals surface area contributed by atoms with E-state index in [1.165, 1.54) is 51.7 Å². The molecular formula is C64H83ClN12O14S2. The summed E-state index contributed by atoms with van der Waals surface area (Å²) >= 11 is 9.05. The van der Waals surface area contributed by atoms with Crippen molar-refractivity contribution in [3.63, 3.8) is 0 Å². The minimum Gasteiger partial charge on any atom is -0.494 e. The van der Waals surface area contributed by atoms with Gasteiger partial charge in [-0.3, -0.25) is 33.4 Å². The van der Waals surface area contributed by atoms with Crippen LogP contribution in [0.3, 0.4) is 0 Å². The molecule has 2 aliphatic rings. The SMILES string of the molecule is Cc1csc2c(OC(=O)N(C)CCN(C)C(=O)OCc3ccc(NC(=O)C(CCCNC(N)=O)NC(=O)C(NC(=O)CCCCCn4c(O)cc(SCC(N)C(=O)O)c4O)C(C)C)cc3)cc3c(c12)C(CCl)CN3C(=O)c1cc2cc(OCCN3CCCC3)ccc2[nH]1. The number of rotatable bonds is 32. The maximum atomic E-state index is 14.5. The van der Waals surface area contributed by atoms with Crippen LogP contribution in [0.5, 0.6) is 23.3 Å². The Balaban J connectivity index is 0.798. The highest BCUT2D eigenvalue weighted by molar-refractivity contribution is 7.99. The Bertz CT molecular complexity index is 3650. The van der Waals surface area contributed by atoms with Crippen molar-refractivity contribution < 1.29 is 67.9 Å². The molecule has 0 saturated carbocycles. The summed E-state index contributed by atoms with van der Waals surface area (Å²) in [4.78, 5) is 115. The molecule has 502 valence electrons. The van der Waals surface area contributed by atoms with E-state index >= 15 is 0 Å². The molecule has 8 rings (SSSR count). The number of likely N-dealkylation sites (tertiary alicyclic amines) is 1. The molecule has 0 spiro atoms. The zero-order chi connectivity index (χ0) is 67.0. The average molecular weight is 1340 g/mol. The van der Waals surface area contributed by atoms with E-state index in [1.807, 2.05) is 36.6 Å². The lowest BCUT2D eigenvalue weighted by Crippen LogP contribution is -2.54. The molecule has 0 bridgehead atoms. The molecule has 3 aromatic carbocycles. The van der Waals surface area contributed by atoms with Crippen molar-refractivity contribution in [3.8, 4) is 23.3 Å². The lowest BCUT2D eigenvalue weighted by atomic mass is 9.97. The fourth-order valence-corrected chi connectivity index (χ4v) is 13.2. The number of thiophene rings is 1. The number of hydrogen-bond acceptors (Lipinski definition) is 17. The molecule has 3 aromatic heterocycles. The number of likely N-dealkylation sites (N-methyl/N-ethyl adjacent to an activating group) is 2. The Labute approximate surface area is 551 Å². The lowest BCUT2D eigenvalue weighted by Gasteiger charge is -2.25. The third-order valence-corrected chi connectivity index (χ3v) is 18.9. The van der Waals surface area contributed by atoms with Crippen molar-refractivity contribution in [1.29, 1.82) is 0 Å². The molecule has 0 radical (unpaired) electrons. The van der Waals surface area contributed by atoms with E-state index in [1.54, 1.807) is 56.1 Å². The number of carboxylic acid groups (broad SMARTS) is 1. The molecule has 93 heavy (non-hydrogen) atoms. The minimum absolute atomic E-state index is 0.0135. The molecule has 0 aliphatic carbocycles. The van der Waals surface area contributed by atoms with E-state index in [9.17, 15) is 48.6 Å². The number of nitrogens with one attached hydrogen (secondary N) is 5. The van der Waals surface area contributed by atoms with Crippen LogP contribution in [0.1, 0.15) is 98.3 Å². The normalized spacial score (nSPS) is 14.8. The second-order valence-corrected chi connectivity index (χ2v) is 25.9. The zero-order valence-corrected chi connectivity index (χ0v) is 55.2. The summed E-state index contributed by atoms with van der Waals surface area (Å²) in [6, 6.07) is 13.1. The van der Waals surface area contributed by atoms with Crippen LogP contribution < -0.4 is 47.1 Å². The summed E-state index contributed by atoms with van der Waals surface area (Å²) in [5.41, 5.74) is 15.4. The topological polar surface area (TPSA) is 359 Å². The molecule has 29 heteroatoms. The molecule has 6 aromatic rings. The average Bonchev–Trinajstić information content (AvgIpc) is 1.59. The van der Waals surface area contributed by atoms with Crippen molar-refractivity contribution >= 4 is 115 Å². The molecule has 1 saturated heterocycles. The quantitative estimate of drug-likeness (QED) is 0.0109. The number of urea groups is 1. The number of ether oxygens (including phenoxy) is 3. The van der Waals surface area contributed by atoms with Crippen molar-refractivity contribution in [2.45, 2.75) is 114 Å². The van der Waals surface area contributed by atoms with Crippen molar-refractivity contribution in [1.82, 2.24) is 40.2 Å². The summed E-state index contributed by atoms with van der Waals surface area (Å²) < 4.78 is 19.8. The third kappa shape index (κ3) is 18.7. The molecule has 8 amide bonds. The highest BCUT2D eigenvalue weighted by atomic mass is 35.5. The number of fused-ring (bicyclic) bond motifs is 4. The number of carbonyl (C=O) groups is 8. The Morgan fingerprint density at radius 3 is 2.32 bits per heavy atom. The monoisotopic (exact) mass is 1340 g/mol. The van der Waals surface area contributed by atoms with Crippen LogP contribution in [0.25, 0.3) is 21.0 Å². The number of aromatic nitrogens is 2. The van der Waals surface area contributed by atoms with E-state index in [0.717, 1.165) is 69.3 Å². The van der Waals surface area contributed by atoms with Gasteiger partial charge in [-0.25, -0.2) is 14.4 Å². The number of aromatic amines is 1. The first-order valence-electron chi connectivity index (χ1n) is 31.0. The number of nitrogens with two attached hydrogens (primary N) is 2. The first-order valence-corrected chi connectivity index (χ1v) is 33.4. The molecule has 4 atom stereocenters. The Morgan fingerprint density at radius 1 is 0.892 bits per heavy atom. The van der Waals surface area contributed by atoms with Crippen LogP contribution in [-0.4, -0.2) is 184 Å². The van der Waals surface area contributed by atoms with Gasteiger partial charge < -0.3 is 81.9 Å². The van der Waals surface area contributed by atoms with Crippen LogP contribution in [0.4, 0.5) is 25.8 Å². The number of aromatic hydroxyl groups is 2. The van der Waals surface area contributed by atoms with E-state index in [-0.39, 0.29) is 104 Å². The number of aliphatic carboxylic acids is 1. The first-order chi connectivity index (χ1) is 44.5. The number of carboxylic acids is 1. The number of aryl methyl sites for hydroxylation is 1. The first kappa shape index (κ1) is 70.4. The smallest absolute Gasteiger partial charge is 0.415 e. The van der Waals surface area contributed by atoms with Crippen molar-refractivity contribution in [3.05, 3.63) is 88.4 Å². The number of unbranched alkanes of at least 4 members (excludes halogenated alkanes) is 2. The predicted octanol–water partition coefficient (Wildman–Crippen LogP) is 7.84. The standard InChI is InChI=1S/C64H83ClN12O14S2/c1-37(2)55(72-51(78)13-7-6-8-23-76-52(79)31-50(60(76)83)92-36-44(66)61(84)85)58(81)71-46(12-11-20-68-62(67)86)57(80)69-42-16-14-39(15-17-42)34-90-63(87)73(4)24-25-74(5)64(88)91-49-30-48-54(53-38(3)35-93-56(49)53)41(32-65)33-77(48)59(82)47-29-40-28-43(18-19-45(40)70-47)89-27-26-75-21-9-10-22-75/h14-19,28-31,35,37,41,44,46,55,70,79,83H,6-13,20-27,32-34,36,66H2,1-5H3,(H,69,80)(H,71,81)(H,72,78)(H,84,85)(H3,67,68,86). The second kappa shape index (κ2) is 32.9. The van der Waals surface area contributed by atoms with Crippen molar-refractivity contribution in [2.24, 2.45) is 17.4 Å². The Morgan fingerprint density at radius 2 is 1.62 bits per heavy atom. The summed E-state index contributed by atoms with van der Waals surface area (Å²) in [5.74, 6) is -2.76. The second-order valence-electron chi connectivity index (χ2n) is 23.7. The van der Waals surface area contributed by atoms with Gasteiger partial charge >= 0.3 is 24.2 Å². The molecule has 26 nitrogen and oxygen atoms in total. The van der Waals surface area contributed by atoms with Crippen LogP contribution >= 0.6 is 34.7 Å². The molecule has 2 aliphatic heterocycles. The number of nitrogens with zero attached hydrogens (tertiary/aromatic N) is 5. The van der Waals surface area contributed by atoms with E-state index in [2.05, 4.69) is 31.2 Å². The van der Waals surface area contributed by atoms with Gasteiger partial charge in [0.25, 0.3) is 5.91 Å². The summed E-state index contributed by atoms with van der Waals surface area (Å²) in [6.45, 7) is 9.78. The summed E-state index contributed by atoms with van der Waals surface area (Å²) in [7, 11) is 3.09. The number of carbonyl (C=O) groups excluding carboxylic acids is 7. The van der Waals surface area contributed by atoms with Gasteiger partial charge in [0.15, 0.2) is 11.6 Å². The maximum absolute atomic E-state index is 14.5. The number of hydrogen-bond donors (Lipinski definition) is 10. The maximum Gasteiger partial charge on any atom is 0.415 e. The van der Waals surface area contributed by atoms with Gasteiger partial charge in [-0.05, 0) is 123 Å². The fourth-order valence-electron chi connectivity index (χ4n) is 11.0. The largest absolute Gasteiger partial charge is 0.494 e. The van der Waals surface area contributed by atoms with E-state index < -0.39 is 60.0 Å². The number of thioether (sulfide) groups is 1. The van der Waals surface area contributed by atoms with Crippen LogP contribution in [0, 0.1) is 12.8 Å². The van der Waals surface area contributed by atoms with E-state index in [4.69, 9.17) is 42.4 Å². The number of anilines is 2. The van der Waals surface area contributed by atoms with Gasteiger partial charge in [0.05, 0.1) is 15.3 Å². The van der Waals surface area contributed by atoms with Gasteiger partial charge in [0, 0.05) is 111 Å². The number of H-pyrrole nitrogens is 1. The van der Waals surface area contributed by atoms with Crippen LogP contribution in [0.2, 0.25) is 0 Å². The Hall–Kier alpha value is -8.44. The molecular weight excluding hydrogens is 1260 g/mol. The van der Waals surface area contributed by atoms with Gasteiger partial charge in [0.2, 0.25) is 23.6 Å². The molecule has 12 N–H and O–H groups in total. The highest BCUT2D eigenvalue weighted by Crippen LogP contribution is 2.49. The van der Waals surface area contributed by atoms with Gasteiger partial charge in [-0.1, -0.05) is 32.4 Å².